The Kier molecular flexibility index (Phi) is 3.67. The molecule has 0 amide bonds. The van der Waals surface area contributed by atoms with Gasteiger partial charge in [-0.3, -0.25) is 0 Å². The van der Waals surface area contributed by atoms with Crippen molar-refractivity contribution < 1.29 is 0 Å². The molecule has 0 atom stereocenters. The first-order chi connectivity index (χ1) is 12.8. The van der Waals surface area contributed by atoms with Crippen LogP contribution in [0, 0.1) is 0 Å². The number of hydrogen-bond acceptors (Lipinski definition) is 1. The molecule has 1 nitrogen and oxygen atoms in total. The van der Waals surface area contributed by atoms with Gasteiger partial charge in [-0.05, 0) is 82.8 Å². The molecule has 2 N–H and O–H groups in total. The van der Waals surface area contributed by atoms with E-state index in [1.54, 1.807) is 5.57 Å². The van der Waals surface area contributed by atoms with E-state index in [-0.39, 0.29) is 0 Å². The van der Waals surface area contributed by atoms with Crippen molar-refractivity contribution in [3.05, 3.63) is 94.6 Å². The molecule has 0 spiro atoms. The Morgan fingerprint density at radius 1 is 0.885 bits per heavy atom. The zero-order valence-electron chi connectivity index (χ0n) is 15.0. The van der Waals surface area contributed by atoms with Gasteiger partial charge in [-0.15, -0.1) is 0 Å². The first kappa shape index (κ1) is 15.5. The smallest absolute Gasteiger partial charge is 0.0316 e. The number of hydrogen-bond donors (Lipinski definition) is 1. The molecule has 3 aromatic rings. The molecule has 128 valence electrons. The van der Waals surface area contributed by atoms with Crippen LogP contribution in [0.5, 0.6) is 0 Å². The minimum atomic E-state index is 0.840. The molecule has 5 rings (SSSR count). The first-order valence-electron chi connectivity index (χ1n) is 9.56. The van der Waals surface area contributed by atoms with Crippen LogP contribution in [-0.4, -0.2) is 0 Å². The first-order valence-corrected chi connectivity index (χ1v) is 9.56. The van der Waals surface area contributed by atoms with E-state index < -0.39 is 0 Å². The van der Waals surface area contributed by atoms with Gasteiger partial charge in [-0.1, -0.05) is 60.2 Å². The standard InChI is InChI=1S/C25H23N/c26-21-9-3-5-17(16-21)15-20-8-4-7-19-12-13-23-22-10-2-1-6-18(22)11-14-24(23)25(19)20/h2-5,7-10,12-13,16H,1,6,11,14-15,26H2. The van der Waals surface area contributed by atoms with Crippen LogP contribution in [0.4, 0.5) is 5.69 Å². The predicted octanol–water partition coefficient (Wildman–Crippen LogP) is 6.06. The molecule has 0 aromatic heterocycles. The van der Waals surface area contributed by atoms with Crippen molar-refractivity contribution in [2.45, 2.75) is 32.1 Å². The molecule has 0 saturated heterocycles. The summed E-state index contributed by atoms with van der Waals surface area (Å²) in [6.07, 6.45) is 10.4. The highest BCUT2D eigenvalue weighted by atomic mass is 14.5. The van der Waals surface area contributed by atoms with Gasteiger partial charge in [0.15, 0.2) is 0 Å². The monoisotopic (exact) mass is 337 g/mol. The van der Waals surface area contributed by atoms with E-state index in [1.165, 1.54) is 57.9 Å². The van der Waals surface area contributed by atoms with Gasteiger partial charge in [-0.2, -0.15) is 0 Å². The summed E-state index contributed by atoms with van der Waals surface area (Å²) in [5, 5.41) is 2.81. The molecule has 3 aromatic carbocycles. The van der Waals surface area contributed by atoms with E-state index in [0.717, 1.165) is 18.5 Å². The molecule has 2 aliphatic rings. The molecule has 0 saturated carbocycles. The summed E-state index contributed by atoms with van der Waals surface area (Å²) < 4.78 is 0. The van der Waals surface area contributed by atoms with E-state index in [2.05, 4.69) is 60.7 Å². The molecule has 0 bridgehead atoms. The second-order valence-corrected chi connectivity index (χ2v) is 7.49. The normalized spacial score (nSPS) is 15.8. The maximum absolute atomic E-state index is 6.00. The molecule has 0 radical (unpaired) electrons. The van der Waals surface area contributed by atoms with Gasteiger partial charge in [0.25, 0.3) is 0 Å². The highest BCUT2D eigenvalue weighted by molar-refractivity contribution is 5.96. The average Bonchev–Trinajstić information content (AvgIpc) is 2.67. The van der Waals surface area contributed by atoms with Crippen LogP contribution in [0.3, 0.4) is 0 Å². The number of aryl methyl sites for hydroxylation is 1. The van der Waals surface area contributed by atoms with Crippen molar-refractivity contribution >= 4 is 22.0 Å². The number of rotatable bonds is 2. The Labute approximate surface area is 154 Å². The third-order valence-electron chi connectivity index (χ3n) is 5.83. The molecular formula is C25H23N. The highest BCUT2D eigenvalue weighted by Gasteiger charge is 2.21. The zero-order valence-corrected chi connectivity index (χ0v) is 15.0. The van der Waals surface area contributed by atoms with Crippen molar-refractivity contribution in [3.63, 3.8) is 0 Å². The Morgan fingerprint density at radius 3 is 2.73 bits per heavy atom. The van der Waals surface area contributed by atoms with Gasteiger partial charge in [0.2, 0.25) is 0 Å². The molecule has 0 aliphatic heterocycles. The quantitative estimate of drug-likeness (QED) is 0.565. The SMILES string of the molecule is Nc1cccc(Cc2cccc3ccc4c(c23)CCC2=C4C=CCC2)c1. The molecule has 0 fully saturated rings. The summed E-state index contributed by atoms with van der Waals surface area (Å²) in [5.41, 5.74) is 15.6. The maximum atomic E-state index is 6.00. The molecule has 1 heteroatoms. The lowest BCUT2D eigenvalue weighted by atomic mass is 9.78. The maximum Gasteiger partial charge on any atom is 0.0316 e. The van der Waals surface area contributed by atoms with Crippen LogP contribution in [0.2, 0.25) is 0 Å². The zero-order chi connectivity index (χ0) is 17.5. The third-order valence-corrected chi connectivity index (χ3v) is 5.83. The van der Waals surface area contributed by atoms with E-state index >= 15 is 0 Å². The minimum Gasteiger partial charge on any atom is -0.399 e. The molecule has 0 unspecified atom stereocenters. The minimum absolute atomic E-state index is 0.840. The molecule has 26 heavy (non-hydrogen) atoms. The van der Waals surface area contributed by atoms with Crippen molar-refractivity contribution in [2.24, 2.45) is 0 Å². The van der Waals surface area contributed by atoms with E-state index in [9.17, 15) is 0 Å². The summed E-state index contributed by atoms with van der Waals surface area (Å²) >= 11 is 0. The predicted molar refractivity (Wildman–Crippen MR) is 111 cm³/mol. The van der Waals surface area contributed by atoms with Gasteiger partial charge < -0.3 is 5.73 Å². The lowest BCUT2D eigenvalue weighted by Gasteiger charge is -2.26. The van der Waals surface area contributed by atoms with E-state index in [0.29, 0.717) is 0 Å². The molecular weight excluding hydrogens is 314 g/mol. The number of nitrogens with two attached hydrogens (primary N) is 1. The van der Waals surface area contributed by atoms with Gasteiger partial charge in [0, 0.05) is 5.69 Å². The van der Waals surface area contributed by atoms with Crippen molar-refractivity contribution in [3.8, 4) is 0 Å². The average molecular weight is 337 g/mol. The fourth-order valence-corrected chi connectivity index (χ4v) is 4.64. The lowest BCUT2D eigenvalue weighted by molar-refractivity contribution is 0.830. The Balaban J connectivity index is 1.69. The number of fused-ring (bicyclic) bond motifs is 4. The largest absolute Gasteiger partial charge is 0.399 e. The Bertz CT molecular complexity index is 1070. The summed E-state index contributed by atoms with van der Waals surface area (Å²) in [6, 6.07) is 19.6. The molecule has 2 aliphatic carbocycles. The van der Waals surface area contributed by atoms with E-state index in [4.69, 9.17) is 5.73 Å². The second kappa shape index (κ2) is 6.17. The summed E-state index contributed by atoms with van der Waals surface area (Å²) in [5.74, 6) is 0. The van der Waals surface area contributed by atoms with Crippen LogP contribution in [0.25, 0.3) is 16.3 Å². The van der Waals surface area contributed by atoms with Gasteiger partial charge in [0.05, 0.1) is 0 Å². The number of nitrogen functional groups attached to an aromatic ring is 1. The van der Waals surface area contributed by atoms with Crippen LogP contribution in [0.15, 0.2) is 72.3 Å². The van der Waals surface area contributed by atoms with Gasteiger partial charge in [-0.25, -0.2) is 0 Å². The fraction of sp³-hybridized carbons (Fsp3) is 0.200. The third kappa shape index (κ3) is 2.55. The van der Waals surface area contributed by atoms with Crippen molar-refractivity contribution in [1.29, 1.82) is 0 Å². The Morgan fingerprint density at radius 2 is 1.81 bits per heavy atom. The second-order valence-electron chi connectivity index (χ2n) is 7.49. The van der Waals surface area contributed by atoms with Crippen LogP contribution in [0.1, 0.15) is 41.5 Å². The summed E-state index contributed by atoms with van der Waals surface area (Å²) in [7, 11) is 0. The number of anilines is 1. The lowest BCUT2D eigenvalue weighted by Crippen LogP contribution is -2.08. The Hall–Kier alpha value is -2.80. The van der Waals surface area contributed by atoms with Crippen LogP contribution < -0.4 is 5.73 Å². The topological polar surface area (TPSA) is 26.0 Å². The summed E-state index contributed by atoms with van der Waals surface area (Å²) in [6.45, 7) is 0. The number of benzene rings is 3. The number of allylic oxidation sites excluding steroid dienone is 4. The van der Waals surface area contributed by atoms with Crippen molar-refractivity contribution in [1.82, 2.24) is 0 Å². The van der Waals surface area contributed by atoms with Gasteiger partial charge in [0.1, 0.15) is 0 Å². The highest BCUT2D eigenvalue weighted by Crippen LogP contribution is 2.41. The van der Waals surface area contributed by atoms with Crippen molar-refractivity contribution in [2.75, 3.05) is 5.73 Å². The van der Waals surface area contributed by atoms with E-state index in [1.807, 2.05) is 6.07 Å². The molecule has 0 heterocycles. The van der Waals surface area contributed by atoms with Crippen LogP contribution in [-0.2, 0) is 12.8 Å². The van der Waals surface area contributed by atoms with Crippen LogP contribution >= 0.6 is 0 Å². The fourth-order valence-electron chi connectivity index (χ4n) is 4.64. The summed E-state index contributed by atoms with van der Waals surface area (Å²) in [4.78, 5) is 0. The van der Waals surface area contributed by atoms with Gasteiger partial charge >= 0.3 is 0 Å².